The van der Waals surface area contributed by atoms with Crippen LogP contribution in [0.4, 0.5) is 10.1 Å². The molecule has 0 radical (unpaired) electrons. The number of nitrogens with one attached hydrogen (secondary N) is 1. The molecule has 0 aliphatic carbocycles. The first kappa shape index (κ1) is 15.2. The van der Waals surface area contributed by atoms with Gasteiger partial charge in [0.25, 0.3) is 0 Å². The van der Waals surface area contributed by atoms with Crippen LogP contribution in [0.1, 0.15) is 17.5 Å². The lowest BCUT2D eigenvalue weighted by Gasteiger charge is -2.28. The molecule has 0 saturated heterocycles. The normalized spacial score (nSPS) is 13.6. The van der Waals surface area contributed by atoms with Gasteiger partial charge in [-0.05, 0) is 35.7 Å². The largest absolute Gasteiger partial charge is 0.350 e. The predicted octanol–water partition coefficient (Wildman–Crippen LogP) is 2.42. The third kappa shape index (κ3) is 3.56. The number of amides is 2. The van der Waals surface area contributed by atoms with Crippen molar-refractivity contribution < 1.29 is 14.0 Å². The summed E-state index contributed by atoms with van der Waals surface area (Å²) in [5, 5.41) is 2.76. The summed E-state index contributed by atoms with van der Waals surface area (Å²) in [6.07, 6.45) is 1.13. The molecule has 1 aliphatic rings. The second-order valence-corrected chi connectivity index (χ2v) is 5.51. The summed E-state index contributed by atoms with van der Waals surface area (Å²) in [6.45, 7) is 0.305. The number of carbonyl (C=O) groups is 2. The second-order valence-electron chi connectivity index (χ2n) is 5.51. The molecular weight excluding hydrogens is 295 g/mol. The van der Waals surface area contributed by atoms with Gasteiger partial charge >= 0.3 is 0 Å². The molecule has 5 heteroatoms. The third-order valence-electron chi connectivity index (χ3n) is 3.90. The van der Waals surface area contributed by atoms with Crippen LogP contribution in [-0.2, 0) is 22.6 Å². The van der Waals surface area contributed by atoms with Gasteiger partial charge in [-0.3, -0.25) is 9.59 Å². The molecule has 4 nitrogen and oxygen atoms in total. The average Bonchev–Trinajstić information content (AvgIpc) is 2.57. The van der Waals surface area contributed by atoms with E-state index in [-0.39, 0.29) is 24.2 Å². The van der Waals surface area contributed by atoms with E-state index in [0.29, 0.717) is 19.4 Å². The monoisotopic (exact) mass is 312 g/mol. The number of nitrogens with zero attached hydrogens (tertiary/aromatic N) is 1. The van der Waals surface area contributed by atoms with Gasteiger partial charge in [0.1, 0.15) is 12.4 Å². The zero-order valence-electron chi connectivity index (χ0n) is 12.6. The molecule has 1 N–H and O–H groups in total. The lowest BCUT2D eigenvalue weighted by atomic mass is 10.0. The van der Waals surface area contributed by atoms with Crippen LogP contribution in [0.2, 0.25) is 0 Å². The standard InChI is InChI=1S/C18H17FN2O2/c19-15-8-5-13(6-9-15)11-20-17(22)12-21-16-4-2-1-3-14(16)7-10-18(21)23/h1-6,8-9H,7,10-12H2,(H,20,22). The minimum absolute atomic E-state index is 0.00294. The molecule has 3 rings (SSSR count). The van der Waals surface area contributed by atoms with E-state index in [9.17, 15) is 14.0 Å². The average molecular weight is 312 g/mol. The van der Waals surface area contributed by atoms with E-state index in [1.165, 1.54) is 17.0 Å². The van der Waals surface area contributed by atoms with Crippen molar-refractivity contribution in [3.8, 4) is 0 Å². The van der Waals surface area contributed by atoms with Crippen LogP contribution in [0.15, 0.2) is 48.5 Å². The van der Waals surface area contributed by atoms with Gasteiger partial charge in [0.05, 0.1) is 0 Å². The summed E-state index contributed by atoms with van der Waals surface area (Å²) >= 11 is 0. The smallest absolute Gasteiger partial charge is 0.240 e. The van der Waals surface area contributed by atoms with E-state index in [2.05, 4.69) is 5.32 Å². The van der Waals surface area contributed by atoms with Gasteiger partial charge in [0.2, 0.25) is 11.8 Å². The van der Waals surface area contributed by atoms with E-state index in [4.69, 9.17) is 0 Å². The summed E-state index contributed by atoms with van der Waals surface area (Å²) in [5.74, 6) is -0.587. The number of aryl methyl sites for hydroxylation is 1. The second kappa shape index (κ2) is 6.60. The van der Waals surface area contributed by atoms with Gasteiger partial charge in [-0.1, -0.05) is 30.3 Å². The molecule has 0 saturated carbocycles. The van der Waals surface area contributed by atoms with Crippen LogP contribution in [-0.4, -0.2) is 18.4 Å². The van der Waals surface area contributed by atoms with Crippen molar-refractivity contribution in [2.45, 2.75) is 19.4 Å². The topological polar surface area (TPSA) is 49.4 Å². The first-order valence-electron chi connectivity index (χ1n) is 7.53. The number of carbonyl (C=O) groups excluding carboxylic acids is 2. The molecule has 2 amide bonds. The molecule has 0 bridgehead atoms. The number of fused-ring (bicyclic) bond motifs is 1. The molecule has 1 aliphatic heterocycles. The van der Waals surface area contributed by atoms with Crippen molar-refractivity contribution in [2.24, 2.45) is 0 Å². The molecule has 0 spiro atoms. The van der Waals surface area contributed by atoms with Crippen LogP contribution in [0.25, 0.3) is 0 Å². The van der Waals surface area contributed by atoms with Crippen molar-refractivity contribution in [1.82, 2.24) is 5.32 Å². The van der Waals surface area contributed by atoms with Gasteiger partial charge in [0.15, 0.2) is 0 Å². The number of anilines is 1. The molecule has 118 valence electrons. The molecule has 1 heterocycles. The number of halogens is 1. The number of benzene rings is 2. The van der Waals surface area contributed by atoms with Crippen LogP contribution >= 0.6 is 0 Å². The van der Waals surface area contributed by atoms with Gasteiger partial charge < -0.3 is 10.2 Å². The van der Waals surface area contributed by atoms with Crippen LogP contribution in [0.3, 0.4) is 0 Å². The summed E-state index contributed by atoms with van der Waals surface area (Å²) < 4.78 is 12.8. The summed E-state index contributed by atoms with van der Waals surface area (Å²) in [5.41, 5.74) is 2.70. The number of para-hydroxylation sites is 1. The van der Waals surface area contributed by atoms with Crippen LogP contribution in [0.5, 0.6) is 0 Å². The van der Waals surface area contributed by atoms with E-state index >= 15 is 0 Å². The zero-order chi connectivity index (χ0) is 16.2. The van der Waals surface area contributed by atoms with Gasteiger partial charge in [-0.2, -0.15) is 0 Å². The minimum Gasteiger partial charge on any atom is -0.350 e. The Balaban J connectivity index is 1.63. The lowest BCUT2D eigenvalue weighted by molar-refractivity contribution is -0.124. The Labute approximate surface area is 133 Å². The van der Waals surface area contributed by atoms with E-state index in [1.807, 2.05) is 24.3 Å². The number of rotatable bonds is 4. The molecule has 0 unspecified atom stereocenters. The molecule has 23 heavy (non-hydrogen) atoms. The van der Waals surface area contributed by atoms with Crippen molar-refractivity contribution in [1.29, 1.82) is 0 Å². The highest BCUT2D eigenvalue weighted by molar-refractivity contribution is 6.00. The Morgan fingerprint density at radius 2 is 1.83 bits per heavy atom. The van der Waals surface area contributed by atoms with Crippen molar-refractivity contribution >= 4 is 17.5 Å². The SMILES string of the molecule is O=C(CN1C(=O)CCc2ccccc21)NCc1ccc(F)cc1. The fraction of sp³-hybridized carbons (Fsp3) is 0.222. The van der Waals surface area contributed by atoms with E-state index in [0.717, 1.165) is 16.8 Å². The highest BCUT2D eigenvalue weighted by atomic mass is 19.1. The Morgan fingerprint density at radius 3 is 2.61 bits per heavy atom. The van der Waals surface area contributed by atoms with Gasteiger partial charge in [-0.15, -0.1) is 0 Å². The lowest BCUT2D eigenvalue weighted by Crippen LogP contribution is -2.42. The molecule has 0 fully saturated rings. The molecule has 2 aromatic rings. The Kier molecular flexibility index (Phi) is 4.37. The maximum Gasteiger partial charge on any atom is 0.240 e. The highest BCUT2D eigenvalue weighted by Gasteiger charge is 2.25. The summed E-state index contributed by atoms with van der Waals surface area (Å²) in [7, 11) is 0. The molecular formula is C18H17FN2O2. The quantitative estimate of drug-likeness (QED) is 0.942. The van der Waals surface area contributed by atoms with Crippen molar-refractivity contribution in [3.05, 3.63) is 65.5 Å². The first-order chi connectivity index (χ1) is 11.1. The maximum atomic E-state index is 12.8. The first-order valence-corrected chi connectivity index (χ1v) is 7.53. The zero-order valence-corrected chi connectivity index (χ0v) is 12.6. The fourth-order valence-electron chi connectivity index (χ4n) is 2.67. The summed E-state index contributed by atoms with van der Waals surface area (Å²) in [4.78, 5) is 25.8. The Hall–Kier alpha value is -2.69. The fourth-order valence-corrected chi connectivity index (χ4v) is 2.67. The molecule has 0 atom stereocenters. The van der Waals surface area contributed by atoms with Gasteiger partial charge in [0, 0.05) is 18.7 Å². The van der Waals surface area contributed by atoms with E-state index in [1.54, 1.807) is 12.1 Å². The van der Waals surface area contributed by atoms with Crippen molar-refractivity contribution in [3.63, 3.8) is 0 Å². The number of hydrogen-bond acceptors (Lipinski definition) is 2. The van der Waals surface area contributed by atoms with Crippen LogP contribution in [0, 0.1) is 5.82 Å². The predicted molar refractivity (Wildman–Crippen MR) is 85.4 cm³/mol. The number of hydrogen-bond donors (Lipinski definition) is 1. The van der Waals surface area contributed by atoms with E-state index < -0.39 is 0 Å². The Bertz CT molecular complexity index is 728. The highest BCUT2D eigenvalue weighted by Crippen LogP contribution is 2.27. The maximum absolute atomic E-state index is 12.8. The van der Waals surface area contributed by atoms with Crippen LogP contribution < -0.4 is 10.2 Å². The van der Waals surface area contributed by atoms with Crippen molar-refractivity contribution in [2.75, 3.05) is 11.4 Å². The summed E-state index contributed by atoms with van der Waals surface area (Å²) in [6, 6.07) is 13.6. The third-order valence-corrected chi connectivity index (χ3v) is 3.90. The Morgan fingerprint density at radius 1 is 1.09 bits per heavy atom. The van der Waals surface area contributed by atoms with Gasteiger partial charge in [-0.25, -0.2) is 4.39 Å². The minimum atomic E-state index is -0.310. The molecule has 0 aromatic heterocycles. The molecule has 2 aromatic carbocycles.